The Morgan fingerprint density at radius 2 is 2.00 bits per heavy atom. The van der Waals surface area contributed by atoms with Crippen molar-refractivity contribution in [1.82, 2.24) is 10.3 Å². The molecule has 1 aromatic heterocycles. The van der Waals surface area contributed by atoms with E-state index in [1.54, 1.807) is 0 Å². The molecule has 23 heavy (non-hydrogen) atoms. The summed E-state index contributed by atoms with van der Waals surface area (Å²) in [6.07, 6.45) is 3.05. The highest BCUT2D eigenvalue weighted by molar-refractivity contribution is 5.82. The second-order valence-electron chi connectivity index (χ2n) is 7.55. The van der Waals surface area contributed by atoms with Gasteiger partial charge in [-0.15, -0.1) is 0 Å². The predicted molar refractivity (Wildman–Crippen MR) is 90.8 cm³/mol. The van der Waals surface area contributed by atoms with Crippen molar-refractivity contribution in [1.29, 1.82) is 0 Å². The fourth-order valence-electron chi connectivity index (χ4n) is 2.99. The molecule has 0 unspecified atom stereocenters. The maximum absolute atomic E-state index is 12.4. The van der Waals surface area contributed by atoms with Crippen LogP contribution in [0.3, 0.4) is 0 Å². The van der Waals surface area contributed by atoms with Gasteiger partial charge in [-0.3, -0.25) is 9.78 Å². The standard InChI is InChI=1S/C19H24N2O2/c1-19(2,3)18(23)21-17(13-9-15(22)10-13)14-8-12-6-4-5-7-16(12)20-11-14/h4-8,11,13,15,17,22H,9-10H2,1-3H3,(H,21,23)/t13?,15?,17-/m1/s1. The van der Waals surface area contributed by atoms with E-state index in [0.29, 0.717) is 0 Å². The number of pyridine rings is 1. The molecule has 1 aliphatic carbocycles. The molecule has 0 spiro atoms. The zero-order chi connectivity index (χ0) is 16.6. The van der Waals surface area contributed by atoms with Crippen LogP contribution in [0.25, 0.3) is 10.9 Å². The molecule has 1 atom stereocenters. The Bertz CT molecular complexity index is 715. The molecule has 0 saturated heterocycles. The summed E-state index contributed by atoms with van der Waals surface area (Å²) in [4.78, 5) is 17.0. The third-order valence-electron chi connectivity index (χ3n) is 4.56. The molecule has 0 bridgehead atoms. The summed E-state index contributed by atoms with van der Waals surface area (Å²) in [5.41, 5.74) is 1.52. The van der Waals surface area contributed by atoms with Crippen LogP contribution in [0.1, 0.15) is 45.2 Å². The topological polar surface area (TPSA) is 62.2 Å². The number of carbonyl (C=O) groups excluding carboxylic acids is 1. The lowest BCUT2D eigenvalue weighted by Gasteiger charge is -2.39. The van der Waals surface area contributed by atoms with E-state index in [-0.39, 0.29) is 24.0 Å². The average molecular weight is 312 g/mol. The van der Waals surface area contributed by atoms with Gasteiger partial charge in [-0.05, 0) is 36.5 Å². The quantitative estimate of drug-likeness (QED) is 0.915. The number of nitrogens with one attached hydrogen (secondary N) is 1. The number of hydrogen-bond donors (Lipinski definition) is 2. The first-order chi connectivity index (χ1) is 10.8. The Balaban J connectivity index is 1.91. The largest absolute Gasteiger partial charge is 0.393 e. The number of aromatic nitrogens is 1. The molecule has 1 aliphatic rings. The normalized spacial score (nSPS) is 22.4. The van der Waals surface area contributed by atoms with Gasteiger partial charge in [0.05, 0.1) is 17.7 Å². The Morgan fingerprint density at radius 3 is 2.65 bits per heavy atom. The van der Waals surface area contributed by atoms with Crippen molar-refractivity contribution in [2.24, 2.45) is 11.3 Å². The van der Waals surface area contributed by atoms with Crippen molar-refractivity contribution in [3.8, 4) is 0 Å². The van der Waals surface area contributed by atoms with E-state index in [9.17, 15) is 9.90 Å². The van der Waals surface area contributed by atoms with E-state index < -0.39 is 5.41 Å². The van der Waals surface area contributed by atoms with Crippen LogP contribution in [-0.4, -0.2) is 22.1 Å². The third kappa shape index (κ3) is 3.37. The Kier molecular flexibility index (Phi) is 4.11. The third-order valence-corrected chi connectivity index (χ3v) is 4.56. The molecule has 0 radical (unpaired) electrons. The maximum atomic E-state index is 12.4. The summed E-state index contributed by atoms with van der Waals surface area (Å²) < 4.78 is 0. The van der Waals surface area contributed by atoms with E-state index in [2.05, 4.69) is 16.4 Å². The molecule has 2 N–H and O–H groups in total. The van der Waals surface area contributed by atoms with E-state index in [1.807, 2.05) is 51.2 Å². The molecule has 1 aromatic carbocycles. The number of amides is 1. The van der Waals surface area contributed by atoms with Crippen molar-refractivity contribution in [2.75, 3.05) is 0 Å². The molecule has 1 saturated carbocycles. The number of rotatable bonds is 3. The molecule has 4 heteroatoms. The number of aliphatic hydroxyl groups is 1. The van der Waals surface area contributed by atoms with Gasteiger partial charge in [0.2, 0.25) is 5.91 Å². The van der Waals surface area contributed by atoms with Crippen molar-refractivity contribution >= 4 is 16.8 Å². The van der Waals surface area contributed by atoms with Crippen LogP contribution in [0.5, 0.6) is 0 Å². The van der Waals surface area contributed by atoms with Gasteiger partial charge in [0.15, 0.2) is 0 Å². The first-order valence-corrected chi connectivity index (χ1v) is 8.18. The van der Waals surface area contributed by atoms with Crippen LogP contribution in [0.15, 0.2) is 36.5 Å². The minimum Gasteiger partial charge on any atom is -0.393 e. The summed E-state index contributed by atoms with van der Waals surface area (Å²) in [5, 5.41) is 13.9. The maximum Gasteiger partial charge on any atom is 0.225 e. The minimum absolute atomic E-state index is 0.0250. The smallest absolute Gasteiger partial charge is 0.225 e. The molecular formula is C19H24N2O2. The molecular weight excluding hydrogens is 288 g/mol. The molecule has 4 nitrogen and oxygen atoms in total. The highest BCUT2D eigenvalue weighted by atomic mass is 16.3. The van der Waals surface area contributed by atoms with Crippen LogP contribution in [0.2, 0.25) is 0 Å². The number of hydrogen-bond acceptors (Lipinski definition) is 3. The zero-order valence-electron chi connectivity index (χ0n) is 13.9. The molecule has 0 aliphatic heterocycles. The summed E-state index contributed by atoms with van der Waals surface area (Å²) in [7, 11) is 0. The first-order valence-electron chi connectivity index (χ1n) is 8.18. The highest BCUT2D eigenvalue weighted by Gasteiger charge is 2.37. The van der Waals surface area contributed by atoms with Crippen molar-refractivity contribution in [2.45, 2.75) is 45.8 Å². The number of benzene rings is 1. The average Bonchev–Trinajstić information content (AvgIpc) is 2.48. The van der Waals surface area contributed by atoms with Gasteiger partial charge in [-0.2, -0.15) is 0 Å². The summed E-state index contributed by atoms with van der Waals surface area (Å²) >= 11 is 0. The van der Waals surface area contributed by atoms with E-state index in [4.69, 9.17) is 0 Å². The summed E-state index contributed by atoms with van der Waals surface area (Å²) in [6, 6.07) is 9.97. The summed E-state index contributed by atoms with van der Waals surface area (Å²) in [5.74, 6) is 0.288. The summed E-state index contributed by atoms with van der Waals surface area (Å²) in [6.45, 7) is 5.73. The van der Waals surface area contributed by atoms with E-state index in [1.165, 1.54) is 0 Å². The Labute approximate surface area is 136 Å². The Hall–Kier alpha value is -1.94. The van der Waals surface area contributed by atoms with E-state index >= 15 is 0 Å². The van der Waals surface area contributed by atoms with Gasteiger partial charge in [0.25, 0.3) is 0 Å². The number of carbonyl (C=O) groups is 1. The predicted octanol–water partition coefficient (Wildman–Crippen LogP) is 3.21. The molecule has 2 aromatic rings. The van der Waals surface area contributed by atoms with Gasteiger partial charge >= 0.3 is 0 Å². The van der Waals surface area contributed by atoms with Crippen LogP contribution < -0.4 is 5.32 Å². The van der Waals surface area contributed by atoms with Gasteiger partial charge in [0.1, 0.15) is 0 Å². The Morgan fingerprint density at radius 1 is 1.30 bits per heavy atom. The first kappa shape index (κ1) is 15.9. The van der Waals surface area contributed by atoms with Crippen LogP contribution in [0.4, 0.5) is 0 Å². The monoisotopic (exact) mass is 312 g/mol. The lowest BCUT2D eigenvalue weighted by atomic mass is 9.75. The highest BCUT2D eigenvalue weighted by Crippen LogP contribution is 2.39. The van der Waals surface area contributed by atoms with Gasteiger partial charge < -0.3 is 10.4 Å². The fourth-order valence-corrected chi connectivity index (χ4v) is 2.99. The zero-order valence-corrected chi connectivity index (χ0v) is 13.9. The fraction of sp³-hybridized carbons (Fsp3) is 0.474. The number of aliphatic hydroxyl groups excluding tert-OH is 1. The molecule has 1 amide bonds. The molecule has 1 heterocycles. The second kappa shape index (κ2) is 5.93. The van der Waals surface area contributed by atoms with Crippen LogP contribution in [-0.2, 0) is 4.79 Å². The van der Waals surface area contributed by atoms with Crippen LogP contribution >= 0.6 is 0 Å². The van der Waals surface area contributed by atoms with Crippen molar-refractivity contribution in [3.63, 3.8) is 0 Å². The van der Waals surface area contributed by atoms with E-state index in [0.717, 1.165) is 29.3 Å². The van der Waals surface area contributed by atoms with Gasteiger partial charge in [0, 0.05) is 17.0 Å². The molecule has 3 rings (SSSR count). The van der Waals surface area contributed by atoms with Gasteiger partial charge in [-0.25, -0.2) is 0 Å². The van der Waals surface area contributed by atoms with Gasteiger partial charge in [-0.1, -0.05) is 39.0 Å². The minimum atomic E-state index is -0.440. The molecule has 122 valence electrons. The number of fused-ring (bicyclic) bond motifs is 1. The second-order valence-corrected chi connectivity index (χ2v) is 7.55. The lowest BCUT2D eigenvalue weighted by molar-refractivity contribution is -0.130. The number of para-hydroxylation sites is 1. The SMILES string of the molecule is CC(C)(C)C(=O)N[C@@H](c1cnc2ccccc2c1)C1CC(O)C1. The molecule has 1 fully saturated rings. The van der Waals surface area contributed by atoms with Crippen LogP contribution in [0, 0.1) is 11.3 Å². The lowest BCUT2D eigenvalue weighted by Crippen LogP contribution is -2.44. The van der Waals surface area contributed by atoms with Crippen molar-refractivity contribution in [3.05, 3.63) is 42.1 Å². The van der Waals surface area contributed by atoms with Crippen molar-refractivity contribution < 1.29 is 9.90 Å². The number of nitrogens with zero attached hydrogens (tertiary/aromatic N) is 1.